The van der Waals surface area contributed by atoms with Crippen molar-refractivity contribution in [2.45, 2.75) is 26.7 Å². The number of aromatic nitrogens is 1. The number of aryl methyl sites for hydroxylation is 1. The van der Waals surface area contributed by atoms with Crippen LogP contribution in [0.3, 0.4) is 0 Å². The number of carbonyl (C=O) groups excluding carboxylic acids is 2. The van der Waals surface area contributed by atoms with E-state index in [0.29, 0.717) is 34.8 Å². The second-order valence-electron chi connectivity index (χ2n) is 6.28. The maximum atomic E-state index is 12.4. The SMILES string of the molecule is Cc1ccc(NC(=O)c2cc3c([nH]c2=O)CC(C)CC3=O)c(Cl)c1. The number of ketones is 1. The Kier molecular flexibility index (Phi) is 4.28. The molecule has 1 heterocycles. The molecule has 24 heavy (non-hydrogen) atoms. The molecule has 1 atom stereocenters. The zero-order valence-electron chi connectivity index (χ0n) is 13.4. The molecule has 1 aliphatic rings. The van der Waals surface area contributed by atoms with Gasteiger partial charge < -0.3 is 10.3 Å². The van der Waals surface area contributed by atoms with Crippen LogP contribution >= 0.6 is 11.6 Å². The normalized spacial score (nSPS) is 16.6. The number of benzene rings is 1. The Hall–Kier alpha value is -2.40. The van der Waals surface area contributed by atoms with Crippen LogP contribution in [0.2, 0.25) is 5.02 Å². The van der Waals surface area contributed by atoms with Crippen molar-refractivity contribution in [3.63, 3.8) is 0 Å². The molecule has 0 aliphatic heterocycles. The van der Waals surface area contributed by atoms with Gasteiger partial charge in [0.05, 0.1) is 10.7 Å². The zero-order chi connectivity index (χ0) is 17.4. The molecule has 6 heteroatoms. The Bertz CT molecular complexity index is 902. The molecule has 1 aromatic heterocycles. The van der Waals surface area contributed by atoms with Crippen LogP contribution in [0, 0.1) is 12.8 Å². The number of pyridine rings is 1. The molecule has 0 bridgehead atoms. The minimum Gasteiger partial charge on any atom is -0.325 e. The molecule has 0 spiro atoms. The highest BCUT2D eigenvalue weighted by Gasteiger charge is 2.25. The summed E-state index contributed by atoms with van der Waals surface area (Å²) < 4.78 is 0. The molecule has 0 saturated heterocycles. The quantitative estimate of drug-likeness (QED) is 0.876. The Morgan fingerprint density at radius 3 is 2.71 bits per heavy atom. The molecule has 0 radical (unpaired) electrons. The smallest absolute Gasteiger partial charge is 0.261 e. The number of aromatic amines is 1. The van der Waals surface area contributed by atoms with Crippen molar-refractivity contribution in [3.05, 3.63) is 62.0 Å². The fourth-order valence-corrected chi connectivity index (χ4v) is 3.19. The van der Waals surface area contributed by atoms with Crippen LogP contribution in [0.15, 0.2) is 29.1 Å². The Labute approximate surface area is 144 Å². The Balaban J connectivity index is 1.95. The first kappa shape index (κ1) is 16.5. The first-order chi connectivity index (χ1) is 11.3. The summed E-state index contributed by atoms with van der Waals surface area (Å²) >= 11 is 6.10. The number of amides is 1. The summed E-state index contributed by atoms with van der Waals surface area (Å²) in [5.41, 5.74) is 1.82. The Morgan fingerprint density at radius 1 is 1.25 bits per heavy atom. The maximum absolute atomic E-state index is 12.4. The van der Waals surface area contributed by atoms with Crippen LogP contribution < -0.4 is 10.9 Å². The molecule has 1 aromatic carbocycles. The molecule has 0 fully saturated rings. The third kappa shape index (κ3) is 3.12. The summed E-state index contributed by atoms with van der Waals surface area (Å²) in [5.74, 6) is -0.453. The van der Waals surface area contributed by atoms with Crippen LogP contribution in [-0.2, 0) is 6.42 Å². The van der Waals surface area contributed by atoms with Gasteiger partial charge in [-0.25, -0.2) is 0 Å². The molecule has 1 unspecified atom stereocenters. The Morgan fingerprint density at radius 2 is 2.00 bits per heavy atom. The minimum absolute atomic E-state index is 0.0533. The molecule has 2 N–H and O–H groups in total. The van der Waals surface area contributed by atoms with Crippen molar-refractivity contribution >= 4 is 29.0 Å². The summed E-state index contributed by atoms with van der Waals surface area (Å²) in [7, 11) is 0. The highest BCUT2D eigenvalue weighted by Crippen LogP contribution is 2.25. The monoisotopic (exact) mass is 344 g/mol. The lowest BCUT2D eigenvalue weighted by Gasteiger charge is -2.20. The van der Waals surface area contributed by atoms with E-state index < -0.39 is 11.5 Å². The van der Waals surface area contributed by atoms with Gasteiger partial charge in [-0.15, -0.1) is 0 Å². The van der Waals surface area contributed by atoms with Gasteiger partial charge >= 0.3 is 0 Å². The van der Waals surface area contributed by atoms with Crippen molar-refractivity contribution in [1.29, 1.82) is 0 Å². The van der Waals surface area contributed by atoms with Gasteiger partial charge in [-0.3, -0.25) is 14.4 Å². The molecule has 5 nitrogen and oxygen atoms in total. The fraction of sp³-hybridized carbons (Fsp3) is 0.278. The lowest BCUT2D eigenvalue weighted by Crippen LogP contribution is -2.29. The largest absolute Gasteiger partial charge is 0.325 e. The van der Waals surface area contributed by atoms with Crippen LogP contribution in [0.4, 0.5) is 5.69 Å². The zero-order valence-corrected chi connectivity index (χ0v) is 14.2. The molecule has 3 rings (SSSR count). The topological polar surface area (TPSA) is 79.0 Å². The first-order valence-corrected chi connectivity index (χ1v) is 8.10. The number of hydrogen-bond acceptors (Lipinski definition) is 3. The second-order valence-corrected chi connectivity index (χ2v) is 6.69. The van der Waals surface area contributed by atoms with E-state index in [4.69, 9.17) is 11.6 Å². The highest BCUT2D eigenvalue weighted by atomic mass is 35.5. The molecule has 2 aromatic rings. The average Bonchev–Trinajstić information content (AvgIpc) is 2.49. The number of H-pyrrole nitrogens is 1. The average molecular weight is 345 g/mol. The van der Waals surface area contributed by atoms with E-state index in [1.807, 2.05) is 19.9 Å². The number of hydrogen-bond donors (Lipinski definition) is 2. The summed E-state index contributed by atoms with van der Waals surface area (Å²) in [6.45, 7) is 3.84. The van der Waals surface area contributed by atoms with E-state index in [1.54, 1.807) is 12.1 Å². The van der Waals surface area contributed by atoms with Crippen molar-refractivity contribution in [3.8, 4) is 0 Å². The number of rotatable bonds is 2. The van der Waals surface area contributed by atoms with E-state index >= 15 is 0 Å². The number of nitrogens with one attached hydrogen (secondary N) is 2. The number of fused-ring (bicyclic) bond motifs is 1. The first-order valence-electron chi connectivity index (χ1n) is 7.72. The van der Waals surface area contributed by atoms with E-state index in [-0.39, 0.29) is 17.3 Å². The van der Waals surface area contributed by atoms with Crippen LogP contribution in [0.25, 0.3) is 0 Å². The van der Waals surface area contributed by atoms with Gasteiger partial charge in [0.25, 0.3) is 11.5 Å². The van der Waals surface area contributed by atoms with Crippen LogP contribution in [0.1, 0.15) is 45.3 Å². The van der Waals surface area contributed by atoms with Gasteiger partial charge in [0, 0.05) is 17.7 Å². The number of Topliss-reactive ketones (excluding diaryl/α,β-unsaturated/α-hetero) is 1. The van der Waals surface area contributed by atoms with Crippen LogP contribution in [0.5, 0.6) is 0 Å². The molecule has 124 valence electrons. The number of anilines is 1. The molecule has 1 aliphatic carbocycles. The van der Waals surface area contributed by atoms with Crippen molar-refractivity contribution in [1.82, 2.24) is 4.98 Å². The summed E-state index contributed by atoms with van der Waals surface area (Å²) in [5, 5.41) is 3.01. The lowest BCUT2D eigenvalue weighted by molar-refractivity contribution is 0.0952. The predicted molar refractivity (Wildman–Crippen MR) is 93.0 cm³/mol. The summed E-state index contributed by atoms with van der Waals surface area (Å²) in [4.78, 5) is 39.5. The van der Waals surface area contributed by atoms with Gasteiger partial charge in [0.2, 0.25) is 0 Å². The van der Waals surface area contributed by atoms with Crippen molar-refractivity contribution in [2.75, 3.05) is 5.32 Å². The third-order valence-corrected chi connectivity index (χ3v) is 4.44. The number of halogens is 1. The summed E-state index contributed by atoms with van der Waals surface area (Å²) in [6.07, 6.45) is 1.05. The standard InChI is InChI=1S/C18H17ClN2O3/c1-9-3-4-14(13(19)5-9)20-17(23)12-8-11-15(21-18(12)24)6-10(2)7-16(11)22/h3-5,8,10H,6-7H2,1-2H3,(H,20,23)(H,21,24). The third-order valence-electron chi connectivity index (χ3n) is 4.13. The van der Waals surface area contributed by atoms with Crippen molar-refractivity contribution < 1.29 is 9.59 Å². The molecule has 0 saturated carbocycles. The van der Waals surface area contributed by atoms with Gasteiger partial charge in [-0.2, -0.15) is 0 Å². The lowest BCUT2D eigenvalue weighted by atomic mass is 9.86. The minimum atomic E-state index is -0.587. The summed E-state index contributed by atoms with van der Waals surface area (Å²) in [6, 6.07) is 6.59. The van der Waals surface area contributed by atoms with Crippen LogP contribution in [-0.4, -0.2) is 16.7 Å². The van der Waals surface area contributed by atoms with Gasteiger partial charge in [-0.1, -0.05) is 24.6 Å². The molecular weight excluding hydrogens is 328 g/mol. The van der Waals surface area contributed by atoms with Gasteiger partial charge in [-0.05, 0) is 43.0 Å². The van der Waals surface area contributed by atoms with E-state index in [0.717, 1.165) is 5.56 Å². The molecular formula is C18H17ClN2O3. The van der Waals surface area contributed by atoms with Gasteiger partial charge in [0.1, 0.15) is 5.56 Å². The fourth-order valence-electron chi connectivity index (χ4n) is 2.91. The second kappa shape index (κ2) is 6.24. The van der Waals surface area contributed by atoms with Crippen molar-refractivity contribution in [2.24, 2.45) is 5.92 Å². The van der Waals surface area contributed by atoms with E-state index in [2.05, 4.69) is 10.3 Å². The number of carbonyl (C=O) groups is 2. The van der Waals surface area contributed by atoms with E-state index in [1.165, 1.54) is 6.07 Å². The maximum Gasteiger partial charge on any atom is 0.261 e. The van der Waals surface area contributed by atoms with Gasteiger partial charge in [0.15, 0.2) is 5.78 Å². The highest BCUT2D eigenvalue weighted by molar-refractivity contribution is 6.34. The predicted octanol–water partition coefficient (Wildman–Crippen LogP) is 3.35. The van der Waals surface area contributed by atoms with E-state index in [9.17, 15) is 14.4 Å². The molecule has 1 amide bonds.